The maximum absolute atomic E-state index is 10.6. The Morgan fingerprint density at radius 3 is 1.38 bits per heavy atom. The van der Waals surface area contributed by atoms with Gasteiger partial charge in [-0.05, 0) is 65.2 Å². The van der Waals surface area contributed by atoms with E-state index < -0.39 is 0 Å². The number of hydrogen-bond donors (Lipinski definition) is 0. The Labute approximate surface area is 277 Å². The highest BCUT2D eigenvalue weighted by Crippen LogP contribution is 2.42. The Bertz CT molecular complexity index is 2690. The minimum absolute atomic E-state index is 0.445. The fourth-order valence-electron chi connectivity index (χ4n) is 7.36. The molecule has 0 aliphatic rings. The molecule has 0 aliphatic heterocycles. The molecular formula is C44H26N4. The van der Waals surface area contributed by atoms with E-state index in [0.29, 0.717) is 11.1 Å². The van der Waals surface area contributed by atoms with Gasteiger partial charge in [0.25, 0.3) is 0 Å². The van der Waals surface area contributed by atoms with Crippen molar-refractivity contribution < 1.29 is 0 Å². The number of para-hydroxylation sites is 4. The lowest BCUT2D eigenvalue weighted by atomic mass is 9.89. The quantitative estimate of drug-likeness (QED) is 0.199. The number of hydrogen-bond acceptors (Lipinski definition) is 2. The van der Waals surface area contributed by atoms with Crippen molar-refractivity contribution in [1.82, 2.24) is 9.13 Å². The van der Waals surface area contributed by atoms with E-state index in [2.05, 4.69) is 130 Å². The average molecular weight is 611 g/mol. The molecule has 0 spiro atoms. The molecule has 0 saturated heterocycles. The highest BCUT2D eigenvalue weighted by atomic mass is 15.0. The fraction of sp³-hybridized carbons (Fsp3) is 0. The maximum atomic E-state index is 10.6. The van der Waals surface area contributed by atoms with E-state index in [-0.39, 0.29) is 0 Å². The van der Waals surface area contributed by atoms with Crippen LogP contribution in [0.2, 0.25) is 0 Å². The summed E-state index contributed by atoms with van der Waals surface area (Å²) in [5.41, 5.74) is 10.9. The Kier molecular flexibility index (Phi) is 6.22. The third-order valence-electron chi connectivity index (χ3n) is 9.40. The molecule has 0 unspecified atom stereocenters. The number of nitrogens with zero attached hydrogens (tertiary/aromatic N) is 4. The van der Waals surface area contributed by atoms with Crippen molar-refractivity contribution in [2.75, 3.05) is 0 Å². The second-order valence-electron chi connectivity index (χ2n) is 12.0. The molecule has 9 aromatic rings. The minimum atomic E-state index is 0.445. The Morgan fingerprint density at radius 2 is 0.875 bits per heavy atom. The summed E-state index contributed by atoms with van der Waals surface area (Å²) in [7, 11) is 0. The number of fused-ring (bicyclic) bond motifs is 6. The normalized spacial score (nSPS) is 11.3. The van der Waals surface area contributed by atoms with Gasteiger partial charge in [0.1, 0.15) is 0 Å². The van der Waals surface area contributed by atoms with Gasteiger partial charge in [0.15, 0.2) is 0 Å². The summed E-state index contributed by atoms with van der Waals surface area (Å²) in [5.74, 6) is 0. The van der Waals surface area contributed by atoms with Gasteiger partial charge in [0, 0.05) is 32.8 Å². The second kappa shape index (κ2) is 10.9. The molecule has 0 bridgehead atoms. The van der Waals surface area contributed by atoms with Crippen LogP contribution in [0.4, 0.5) is 0 Å². The predicted molar refractivity (Wildman–Crippen MR) is 195 cm³/mol. The van der Waals surface area contributed by atoms with Crippen LogP contribution in [0.15, 0.2) is 158 Å². The first kappa shape index (κ1) is 27.4. The van der Waals surface area contributed by atoms with E-state index in [1.807, 2.05) is 42.5 Å². The molecule has 2 heterocycles. The lowest BCUT2D eigenvalue weighted by molar-refractivity contribution is 1.17. The third kappa shape index (κ3) is 4.07. The molecule has 4 heteroatoms. The van der Waals surface area contributed by atoms with Gasteiger partial charge in [-0.1, -0.05) is 109 Å². The van der Waals surface area contributed by atoms with Crippen LogP contribution in [0.5, 0.6) is 0 Å². The molecule has 9 rings (SSSR count). The van der Waals surface area contributed by atoms with E-state index >= 15 is 0 Å². The third-order valence-corrected chi connectivity index (χ3v) is 9.40. The van der Waals surface area contributed by atoms with E-state index in [9.17, 15) is 10.5 Å². The lowest BCUT2D eigenvalue weighted by Crippen LogP contribution is -2.02. The van der Waals surface area contributed by atoms with Gasteiger partial charge < -0.3 is 9.13 Å². The Hall–Kier alpha value is -6.88. The summed E-state index contributed by atoms with van der Waals surface area (Å²) >= 11 is 0. The van der Waals surface area contributed by atoms with Crippen molar-refractivity contribution in [1.29, 1.82) is 10.5 Å². The molecule has 7 aromatic carbocycles. The van der Waals surface area contributed by atoms with Crippen LogP contribution < -0.4 is 0 Å². The van der Waals surface area contributed by atoms with Gasteiger partial charge in [0.2, 0.25) is 0 Å². The summed E-state index contributed by atoms with van der Waals surface area (Å²) in [4.78, 5) is 0. The molecule has 0 radical (unpaired) electrons. The summed E-state index contributed by atoms with van der Waals surface area (Å²) in [6.07, 6.45) is 0. The molecule has 48 heavy (non-hydrogen) atoms. The van der Waals surface area contributed by atoms with E-state index in [1.165, 1.54) is 21.8 Å². The predicted octanol–water partition coefficient (Wildman–Crippen LogP) is 11.0. The highest BCUT2D eigenvalue weighted by molar-refractivity contribution is 6.11. The topological polar surface area (TPSA) is 57.4 Å². The van der Waals surface area contributed by atoms with Gasteiger partial charge in [-0.2, -0.15) is 10.5 Å². The van der Waals surface area contributed by atoms with Crippen LogP contribution in [0.25, 0.3) is 77.2 Å². The Morgan fingerprint density at radius 1 is 0.417 bits per heavy atom. The zero-order valence-electron chi connectivity index (χ0n) is 25.8. The first-order chi connectivity index (χ1) is 23.7. The Balaban J connectivity index is 1.27. The first-order valence-electron chi connectivity index (χ1n) is 15.9. The van der Waals surface area contributed by atoms with Crippen molar-refractivity contribution in [3.05, 3.63) is 169 Å². The van der Waals surface area contributed by atoms with E-state index in [1.54, 1.807) is 6.07 Å². The molecule has 222 valence electrons. The lowest BCUT2D eigenvalue weighted by Gasteiger charge is -2.19. The number of benzene rings is 7. The molecule has 2 aromatic heterocycles. The molecule has 0 amide bonds. The van der Waals surface area contributed by atoms with Crippen LogP contribution in [0.3, 0.4) is 0 Å². The molecule has 0 aliphatic carbocycles. The van der Waals surface area contributed by atoms with Crippen molar-refractivity contribution in [3.8, 4) is 45.8 Å². The van der Waals surface area contributed by atoms with Gasteiger partial charge in [-0.3, -0.25) is 0 Å². The monoisotopic (exact) mass is 610 g/mol. The van der Waals surface area contributed by atoms with E-state index in [4.69, 9.17) is 0 Å². The maximum Gasteiger partial charge on any atom is 0.0999 e. The summed E-state index contributed by atoms with van der Waals surface area (Å²) in [6, 6.07) is 58.9. The minimum Gasteiger partial charge on any atom is -0.309 e. The van der Waals surface area contributed by atoms with Crippen LogP contribution in [0, 0.1) is 22.7 Å². The first-order valence-corrected chi connectivity index (χ1v) is 15.9. The van der Waals surface area contributed by atoms with Gasteiger partial charge in [0.05, 0.1) is 51.0 Å². The molecule has 0 fully saturated rings. The summed E-state index contributed by atoms with van der Waals surface area (Å²) in [5, 5.41) is 25.3. The van der Waals surface area contributed by atoms with Crippen LogP contribution in [-0.4, -0.2) is 9.13 Å². The smallest absolute Gasteiger partial charge is 0.0999 e. The van der Waals surface area contributed by atoms with Crippen molar-refractivity contribution in [2.24, 2.45) is 0 Å². The largest absolute Gasteiger partial charge is 0.309 e. The summed E-state index contributed by atoms with van der Waals surface area (Å²) < 4.78 is 4.51. The van der Waals surface area contributed by atoms with Crippen molar-refractivity contribution >= 4 is 43.6 Å². The SMILES string of the molecule is N#Cc1cc(C#N)c(-c2ccccc2-c2ccc(-n3c4ccccc4c4ccccc43)cc2)c(-n2c3ccccc3c3ccccc32)c1. The molecular weight excluding hydrogens is 585 g/mol. The zero-order valence-corrected chi connectivity index (χ0v) is 25.8. The second-order valence-corrected chi connectivity index (χ2v) is 12.0. The molecule has 0 atom stereocenters. The fourth-order valence-corrected chi connectivity index (χ4v) is 7.36. The van der Waals surface area contributed by atoms with Crippen molar-refractivity contribution in [3.63, 3.8) is 0 Å². The molecule has 4 nitrogen and oxygen atoms in total. The van der Waals surface area contributed by atoms with Crippen LogP contribution in [-0.2, 0) is 0 Å². The average Bonchev–Trinajstić information content (AvgIpc) is 3.67. The zero-order chi connectivity index (χ0) is 32.2. The number of nitriles is 2. The van der Waals surface area contributed by atoms with Crippen LogP contribution >= 0.6 is 0 Å². The number of rotatable bonds is 4. The van der Waals surface area contributed by atoms with Gasteiger partial charge in [-0.25, -0.2) is 0 Å². The number of aromatic nitrogens is 2. The molecule has 0 saturated carbocycles. The van der Waals surface area contributed by atoms with E-state index in [0.717, 1.165) is 55.4 Å². The summed E-state index contributed by atoms with van der Waals surface area (Å²) in [6.45, 7) is 0. The van der Waals surface area contributed by atoms with Crippen molar-refractivity contribution in [2.45, 2.75) is 0 Å². The standard InChI is InChI=1S/C44H26N4/c45-27-29-25-31(28-46)44(43(26-29)48-41-19-9-5-14-36(41)37-15-6-10-20-42(37)48)38-16-2-1-11-33(38)30-21-23-32(24-22-30)47-39-17-7-3-12-34(39)35-13-4-8-18-40(35)47/h1-26H. The van der Waals surface area contributed by atoms with Gasteiger partial charge >= 0.3 is 0 Å². The van der Waals surface area contributed by atoms with Crippen LogP contribution in [0.1, 0.15) is 11.1 Å². The molecule has 0 N–H and O–H groups in total. The van der Waals surface area contributed by atoms with Gasteiger partial charge in [-0.15, -0.1) is 0 Å². The highest BCUT2D eigenvalue weighted by Gasteiger charge is 2.22.